The van der Waals surface area contributed by atoms with Crippen LogP contribution in [0.15, 0.2) is 53.9 Å². The molecule has 2 aromatic heterocycles. The monoisotopic (exact) mass is 428 g/mol. The van der Waals surface area contributed by atoms with Crippen LogP contribution in [0.25, 0.3) is 21.0 Å². The fraction of sp³-hybridized carbons (Fsp3) is 0.346. The molecule has 0 saturated heterocycles. The second-order valence-corrected chi connectivity index (χ2v) is 10.2. The van der Waals surface area contributed by atoms with Gasteiger partial charge in [0.15, 0.2) is 5.82 Å². The van der Waals surface area contributed by atoms with E-state index in [0.717, 1.165) is 34.4 Å². The molecular weight excluding hydrogens is 400 g/mol. The lowest BCUT2D eigenvalue weighted by atomic mass is 9.69. The van der Waals surface area contributed by atoms with E-state index >= 15 is 0 Å². The summed E-state index contributed by atoms with van der Waals surface area (Å²) < 4.78 is 0. The molecule has 1 aliphatic carbocycles. The highest BCUT2D eigenvalue weighted by Gasteiger charge is 2.33. The van der Waals surface area contributed by atoms with Gasteiger partial charge in [-0.2, -0.15) is 5.10 Å². The highest BCUT2D eigenvalue weighted by Crippen LogP contribution is 2.45. The van der Waals surface area contributed by atoms with Crippen molar-refractivity contribution in [3.63, 3.8) is 0 Å². The van der Waals surface area contributed by atoms with E-state index in [-0.39, 0.29) is 0 Å². The highest BCUT2D eigenvalue weighted by atomic mass is 32.1. The molecule has 2 aromatic carbocycles. The molecule has 0 fully saturated rings. The van der Waals surface area contributed by atoms with E-state index in [0.29, 0.717) is 11.3 Å². The SMILES string of the molecule is CCC(C)(C)C1CCc2sc3ncnc(N/N=C\c4cccc5ccccc45)c3c2C1. The Kier molecular flexibility index (Phi) is 5.22. The van der Waals surface area contributed by atoms with Crippen LogP contribution in [0, 0.1) is 11.3 Å². The molecule has 1 N–H and O–H groups in total. The largest absolute Gasteiger partial charge is 0.261 e. The van der Waals surface area contributed by atoms with Crippen LogP contribution < -0.4 is 5.43 Å². The molecule has 0 bridgehead atoms. The first kappa shape index (κ1) is 20.1. The fourth-order valence-corrected chi connectivity index (χ4v) is 5.86. The Morgan fingerprint density at radius 2 is 2.00 bits per heavy atom. The van der Waals surface area contributed by atoms with E-state index in [1.54, 1.807) is 6.33 Å². The average Bonchev–Trinajstić information content (AvgIpc) is 3.18. The van der Waals surface area contributed by atoms with Gasteiger partial charge >= 0.3 is 0 Å². The zero-order valence-electron chi connectivity index (χ0n) is 18.4. The molecule has 1 atom stereocenters. The lowest BCUT2D eigenvalue weighted by Crippen LogP contribution is -2.28. The third-order valence-corrected chi connectivity index (χ3v) is 8.25. The third kappa shape index (κ3) is 3.72. The molecule has 1 aliphatic rings. The number of nitrogens with one attached hydrogen (secondary N) is 1. The smallest absolute Gasteiger partial charge is 0.158 e. The van der Waals surface area contributed by atoms with Gasteiger partial charge in [-0.3, -0.25) is 5.43 Å². The van der Waals surface area contributed by atoms with Gasteiger partial charge in [0.25, 0.3) is 0 Å². The van der Waals surface area contributed by atoms with Crippen LogP contribution in [-0.2, 0) is 12.8 Å². The number of aromatic nitrogens is 2. The number of hydrogen-bond donors (Lipinski definition) is 1. The first-order valence-electron chi connectivity index (χ1n) is 11.1. The van der Waals surface area contributed by atoms with Crippen molar-refractivity contribution in [3.05, 3.63) is 64.8 Å². The maximum Gasteiger partial charge on any atom is 0.158 e. The van der Waals surface area contributed by atoms with E-state index in [2.05, 4.69) is 83.7 Å². The van der Waals surface area contributed by atoms with Crippen molar-refractivity contribution >= 4 is 44.4 Å². The van der Waals surface area contributed by atoms with Crippen molar-refractivity contribution in [2.24, 2.45) is 16.4 Å². The van der Waals surface area contributed by atoms with E-state index in [4.69, 9.17) is 0 Å². The van der Waals surface area contributed by atoms with Gasteiger partial charge in [0.1, 0.15) is 11.2 Å². The molecule has 4 aromatic rings. The summed E-state index contributed by atoms with van der Waals surface area (Å²) in [5, 5.41) is 8.14. The van der Waals surface area contributed by atoms with Gasteiger partial charge < -0.3 is 0 Å². The predicted molar refractivity (Wildman–Crippen MR) is 132 cm³/mol. The fourth-order valence-electron chi connectivity index (χ4n) is 4.67. The summed E-state index contributed by atoms with van der Waals surface area (Å²) in [6, 6.07) is 14.7. The lowest BCUT2D eigenvalue weighted by Gasteiger charge is -2.36. The summed E-state index contributed by atoms with van der Waals surface area (Å²) in [4.78, 5) is 11.7. The number of aryl methyl sites for hydroxylation is 1. The number of fused-ring (bicyclic) bond motifs is 4. The standard InChI is InChI=1S/C26H28N4S/c1-4-26(2,3)19-12-13-22-21(14-19)23-24(27-16-28-25(23)31-22)30-29-15-18-10-7-9-17-8-5-6-11-20(17)18/h5-11,15-16,19H,4,12-14H2,1-3H3,(H,27,28,30)/b29-15-. The van der Waals surface area contributed by atoms with E-state index < -0.39 is 0 Å². The van der Waals surface area contributed by atoms with Crippen LogP contribution in [-0.4, -0.2) is 16.2 Å². The average molecular weight is 429 g/mol. The van der Waals surface area contributed by atoms with E-state index in [9.17, 15) is 0 Å². The van der Waals surface area contributed by atoms with Gasteiger partial charge in [-0.25, -0.2) is 9.97 Å². The van der Waals surface area contributed by atoms with Crippen LogP contribution in [0.1, 0.15) is 49.6 Å². The first-order valence-corrected chi connectivity index (χ1v) is 11.9. The summed E-state index contributed by atoms with van der Waals surface area (Å²) in [5.41, 5.74) is 6.10. The minimum atomic E-state index is 0.349. The van der Waals surface area contributed by atoms with Crippen molar-refractivity contribution in [2.45, 2.75) is 46.5 Å². The molecule has 5 rings (SSSR count). The quantitative estimate of drug-likeness (QED) is 0.280. The summed E-state index contributed by atoms with van der Waals surface area (Å²) in [6.45, 7) is 7.11. The lowest BCUT2D eigenvalue weighted by molar-refractivity contribution is 0.184. The van der Waals surface area contributed by atoms with Gasteiger partial charge in [0.05, 0.1) is 11.6 Å². The van der Waals surface area contributed by atoms with E-state index in [1.807, 2.05) is 17.6 Å². The molecular formula is C26H28N4S. The highest BCUT2D eigenvalue weighted by molar-refractivity contribution is 7.19. The van der Waals surface area contributed by atoms with Crippen LogP contribution in [0.5, 0.6) is 0 Å². The second kappa shape index (κ2) is 8.04. The molecule has 31 heavy (non-hydrogen) atoms. The topological polar surface area (TPSA) is 50.2 Å². The van der Waals surface area contributed by atoms with Crippen molar-refractivity contribution < 1.29 is 0 Å². The molecule has 0 radical (unpaired) electrons. The van der Waals surface area contributed by atoms with Crippen LogP contribution in [0.2, 0.25) is 0 Å². The van der Waals surface area contributed by atoms with Crippen molar-refractivity contribution in [1.82, 2.24) is 9.97 Å². The van der Waals surface area contributed by atoms with Gasteiger partial charge in [-0.1, -0.05) is 69.7 Å². The minimum Gasteiger partial charge on any atom is -0.261 e. The summed E-state index contributed by atoms with van der Waals surface area (Å²) in [7, 11) is 0. The maximum absolute atomic E-state index is 4.58. The molecule has 4 nitrogen and oxygen atoms in total. The molecule has 0 aliphatic heterocycles. The molecule has 158 valence electrons. The summed E-state index contributed by atoms with van der Waals surface area (Å²) in [6.07, 6.45) is 8.24. The Hall–Kier alpha value is -2.79. The van der Waals surface area contributed by atoms with Gasteiger partial charge in [0.2, 0.25) is 0 Å². The maximum atomic E-state index is 4.58. The Balaban J connectivity index is 1.47. The van der Waals surface area contributed by atoms with Crippen molar-refractivity contribution in [1.29, 1.82) is 0 Å². The van der Waals surface area contributed by atoms with Gasteiger partial charge in [0, 0.05) is 10.4 Å². The summed E-state index contributed by atoms with van der Waals surface area (Å²) in [5.74, 6) is 1.50. The predicted octanol–water partition coefficient (Wildman–Crippen LogP) is 6.83. The Labute approximate surface area is 187 Å². The number of thiophene rings is 1. The molecule has 0 amide bonds. The number of nitrogens with zero attached hydrogens (tertiary/aromatic N) is 3. The second-order valence-electron chi connectivity index (χ2n) is 9.13. The molecule has 5 heteroatoms. The Bertz CT molecular complexity index is 1270. The number of anilines is 1. The molecule has 0 spiro atoms. The van der Waals surface area contributed by atoms with E-state index in [1.165, 1.54) is 34.1 Å². The van der Waals surface area contributed by atoms with Crippen LogP contribution in [0.3, 0.4) is 0 Å². The van der Waals surface area contributed by atoms with Crippen LogP contribution in [0.4, 0.5) is 5.82 Å². The van der Waals surface area contributed by atoms with Crippen molar-refractivity contribution in [3.8, 4) is 0 Å². The number of rotatable bonds is 5. The first-order chi connectivity index (χ1) is 15.1. The normalized spacial score (nSPS) is 16.8. The third-order valence-electron chi connectivity index (χ3n) is 7.05. The Morgan fingerprint density at radius 3 is 2.87 bits per heavy atom. The van der Waals surface area contributed by atoms with Crippen molar-refractivity contribution in [2.75, 3.05) is 5.43 Å². The van der Waals surface area contributed by atoms with Gasteiger partial charge in [-0.15, -0.1) is 11.3 Å². The minimum absolute atomic E-state index is 0.349. The van der Waals surface area contributed by atoms with Crippen LogP contribution >= 0.6 is 11.3 Å². The Morgan fingerprint density at radius 1 is 1.16 bits per heavy atom. The zero-order valence-corrected chi connectivity index (χ0v) is 19.2. The number of hydrazone groups is 1. The molecule has 2 heterocycles. The zero-order chi connectivity index (χ0) is 21.4. The number of benzene rings is 2. The number of hydrogen-bond acceptors (Lipinski definition) is 5. The summed E-state index contributed by atoms with van der Waals surface area (Å²) >= 11 is 1.82. The molecule has 0 saturated carbocycles. The molecule has 1 unspecified atom stereocenters. The van der Waals surface area contributed by atoms with Gasteiger partial charge in [-0.05, 0) is 46.9 Å².